The monoisotopic (exact) mass is 314 g/mol. The second-order valence-corrected chi connectivity index (χ2v) is 5.78. The summed E-state index contributed by atoms with van der Waals surface area (Å²) in [5.74, 6) is 0.406. The Hall–Kier alpha value is -2.43. The van der Waals surface area contributed by atoms with E-state index in [0.29, 0.717) is 17.0 Å². The number of amides is 1. The minimum atomic E-state index is -0.591. The molecule has 1 aromatic carbocycles. The number of benzene rings is 1. The van der Waals surface area contributed by atoms with E-state index in [0.717, 1.165) is 18.4 Å². The van der Waals surface area contributed by atoms with Crippen molar-refractivity contribution in [3.8, 4) is 5.88 Å². The summed E-state index contributed by atoms with van der Waals surface area (Å²) in [5.41, 5.74) is 1.78. The van der Waals surface area contributed by atoms with Crippen molar-refractivity contribution in [3.05, 3.63) is 59.3 Å². The van der Waals surface area contributed by atoms with Crippen LogP contribution < -0.4 is 10.1 Å². The zero-order chi connectivity index (χ0) is 16.3. The number of hydrogen-bond donors (Lipinski definition) is 1. The van der Waals surface area contributed by atoms with Gasteiger partial charge in [0.05, 0.1) is 12.5 Å². The first-order valence-electron chi connectivity index (χ1n) is 7.61. The smallest absolute Gasteiger partial charge is 0.230 e. The van der Waals surface area contributed by atoms with Crippen LogP contribution in [0.5, 0.6) is 5.88 Å². The topological polar surface area (TPSA) is 51.2 Å². The molecule has 0 aliphatic heterocycles. The first-order valence-corrected chi connectivity index (χ1v) is 7.61. The van der Waals surface area contributed by atoms with Crippen molar-refractivity contribution >= 4 is 5.91 Å². The zero-order valence-corrected chi connectivity index (χ0v) is 13.0. The Balaban J connectivity index is 1.73. The number of methoxy groups -OCH3 is 1. The van der Waals surface area contributed by atoms with Crippen LogP contribution >= 0.6 is 0 Å². The maximum Gasteiger partial charge on any atom is 0.230 e. The molecule has 1 fully saturated rings. The Bertz CT molecular complexity index is 699. The lowest BCUT2D eigenvalue weighted by molar-refractivity contribution is -0.123. The molecule has 1 heterocycles. The van der Waals surface area contributed by atoms with E-state index in [-0.39, 0.29) is 12.5 Å². The van der Waals surface area contributed by atoms with Crippen LogP contribution in [0.2, 0.25) is 0 Å². The zero-order valence-electron chi connectivity index (χ0n) is 13.0. The summed E-state index contributed by atoms with van der Waals surface area (Å²) in [4.78, 5) is 16.7. The van der Waals surface area contributed by atoms with Crippen LogP contribution in [0.15, 0.2) is 42.6 Å². The molecule has 1 amide bonds. The fraction of sp³-hybridized carbons (Fsp3) is 0.333. The van der Waals surface area contributed by atoms with Crippen molar-refractivity contribution in [1.82, 2.24) is 10.3 Å². The van der Waals surface area contributed by atoms with Crippen LogP contribution in [0.3, 0.4) is 0 Å². The number of pyridine rings is 1. The van der Waals surface area contributed by atoms with E-state index in [2.05, 4.69) is 10.3 Å². The molecule has 1 aromatic heterocycles. The molecule has 2 aromatic rings. The van der Waals surface area contributed by atoms with Crippen LogP contribution in [0, 0.1) is 0 Å². The third kappa shape index (κ3) is 3.04. The van der Waals surface area contributed by atoms with E-state index >= 15 is 0 Å². The molecule has 1 saturated carbocycles. The van der Waals surface area contributed by atoms with Gasteiger partial charge in [-0.15, -0.1) is 0 Å². The standard InChI is InChI=1S/C18H19FN2O2/c1-23-16-14(9-13(10-19)11-20-16)12-21-17(22)18(7-8-18)15-5-3-2-4-6-15/h2-6,9,11H,7-8,10,12H2,1H3,(H,21,22). The summed E-state index contributed by atoms with van der Waals surface area (Å²) in [6.45, 7) is -0.316. The lowest BCUT2D eigenvalue weighted by atomic mass is 9.95. The quantitative estimate of drug-likeness (QED) is 0.892. The van der Waals surface area contributed by atoms with Crippen molar-refractivity contribution in [2.24, 2.45) is 0 Å². The number of carbonyl (C=O) groups excluding carboxylic acids is 1. The largest absolute Gasteiger partial charge is 0.481 e. The fourth-order valence-corrected chi connectivity index (χ4v) is 2.80. The number of rotatable bonds is 6. The number of ether oxygens (including phenoxy) is 1. The molecule has 1 aliphatic rings. The number of carbonyl (C=O) groups is 1. The molecule has 0 bridgehead atoms. The number of nitrogens with zero attached hydrogens (tertiary/aromatic N) is 1. The van der Waals surface area contributed by atoms with Crippen molar-refractivity contribution in [2.45, 2.75) is 31.5 Å². The van der Waals surface area contributed by atoms with E-state index in [1.54, 1.807) is 6.07 Å². The summed E-state index contributed by atoms with van der Waals surface area (Å²) in [6, 6.07) is 11.5. The predicted molar refractivity (Wildman–Crippen MR) is 84.8 cm³/mol. The second-order valence-electron chi connectivity index (χ2n) is 5.78. The van der Waals surface area contributed by atoms with E-state index in [9.17, 15) is 9.18 Å². The van der Waals surface area contributed by atoms with Gasteiger partial charge >= 0.3 is 0 Å². The molecule has 120 valence electrons. The summed E-state index contributed by atoms with van der Waals surface area (Å²) in [5, 5.41) is 2.94. The highest BCUT2D eigenvalue weighted by Gasteiger charge is 2.50. The third-order valence-corrected chi connectivity index (χ3v) is 4.28. The Morgan fingerprint density at radius 2 is 2.09 bits per heavy atom. The predicted octanol–water partition coefficient (Wildman–Crippen LogP) is 2.91. The SMILES string of the molecule is COc1ncc(CF)cc1CNC(=O)C1(c2ccccc2)CC1. The number of hydrogen-bond acceptors (Lipinski definition) is 3. The van der Waals surface area contributed by atoms with E-state index in [1.807, 2.05) is 30.3 Å². The lowest BCUT2D eigenvalue weighted by Crippen LogP contribution is -2.34. The van der Waals surface area contributed by atoms with Crippen LogP contribution in [0.4, 0.5) is 4.39 Å². The molecule has 5 heteroatoms. The number of nitrogens with one attached hydrogen (secondary N) is 1. The number of aromatic nitrogens is 1. The molecule has 23 heavy (non-hydrogen) atoms. The average molecular weight is 314 g/mol. The molecule has 0 radical (unpaired) electrons. The Labute approximate surface area is 134 Å². The molecule has 0 unspecified atom stereocenters. The Morgan fingerprint density at radius 3 is 2.70 bits per heavy atom. The molecular formula is C18H19FN2O2. The van der Waals surface area contributed by atoms with Crippen LogP contribution in [0.1, 0.15) is 29.5 Å². The maximum absolute atomic E-state index is 12.8. The minimum Gasteiger partial charge on any atom is -0.481 e. The van der Waals surface area contributed by atoms with Gasteiger partial charge in [0.1, 0.15) is 6.67 Å². The molecule has 1 N–H and O–H groups in total. The summed E-state index contributed by atoms with van der Waals surface area (Å²) in [6.07, 6.45) is 3.14. The van der Waals surface area contributed by atoms with Gasteiger partial charge < -0.3 is 10.1 Å². The van der Waals surface area contributed by atoms with Crippen molar-refractivity contribution in [3.63, 3.8) is 0 Å². The highest BCUT2D eigenvalue weighted by Crippen LogP contribution is 2.48. The van der Waals surface area contributed by atoms with E-state index in [1.165, 1.54) is 13.3 Å². The van der Waals surface area contributed by atoms with Crippen LogP contribution in [-0.2, 0) is 23.4 Å². The van der Waals surface area contributed by atoms with Crippen LogP contribution in [0.25, 0.3) is 0 Å². The van der Waals surface area contributed by atoms with Crippen molar-refractivity contribution in [1.29, 1.82) is 0 Å². The highest BCUT2D eigenvalue weighted by atomic mass is 19.1. The van der Waals surface area contributed by atoms with Crippen molar-refractivity contribution < 1.29 is 13.9 Å². The number of alkyl halides is 1. The van der Waals surface area contributed by atoms with Crippen molar-refractivity contribution in [2.75, 3.05) is 7.11 Å². The first kappa shape index (κ1) is 15.5. The highest BCUT2D eigenvalue weighted by molar-refractivity contribution is 5.91. The van der Waals surface area contributed by atoms with E-state index in [4.69, 9.17) is 4.74 Å². The fourth-order valence-electron chi connectivity index (χ4n) is 2.80. The Morgan fingerprint density at radius 1 is 1.35 bits per heavy atom. The second kappa shape index (κ2) is 6.36. The Kier molecular flexibility index (Phi) is 4.28. The average Bonchev–Trinajstić information content (AvgIpc) is 3.42. The van der Waals surface area contributed by atoms with Crippen LogP contribution in [-0.4, -0.2) is 18.0 Å². The van der Waals surface area contributed by atoms with Gasteiger partial charge in [0.25, 0.3) is 0 Å². The molecular weight excluding hydrogens is 295 g/mol. The molecule has 0 spiro atoms. The van der Waals surface area contributed by atoms with Gasteiger partial charge in [-0.2, -0.15) is 0 Å². The maximum atomic E-state index is 12.8. The van der Waals surface area contributed by atoms with E-state index < -0.39 is 12.1 Å². The molecule has 1 aliphatic carbocycles. The summed E-state index contributed by atoms with van der Waals surface area (Å²) in [7, 11) is 1.51. The van der Waals surface area contributed by atoms with Gasteiger partial charge in [-0.25, -0.2) is 9.37 Å². The third-order valence-electron chi connectivity index (χ3n) is 4.28. The van der Waals surface area contributed by atoms with Gasteiger partial charge in [-0.1, -0.05) is 30.3 Å². The molecule has 0 saturated heterocycles. The van der Waals surface area contributed by atoms with Gasteiger partial charge in [0.2, 0.25) is 11.8 Å². The summed E-state index contributed by atoms with van der Waals surface area (Å²) < 4.78 is 18.0. The molecule has 0 atom stereocenters. The van der Waals surface area contributed by atoms with Gasteiger partial charge in [0, 0.05) is 23.9 Å². The number of halogens is 1. The lowest BCUT2D eigenvalue weighted by Gasteiger charge is -2.16. The molecule has 3 rings (SSSR count). The van der Waals surface area contributed by atoms with Gasteiger partial charge in [-0.3, -0.25) is 4.79 Å². The normalized spacial score (nSPS) is 15.0. The van der Waals surface area contributed by atoms with Gasteiger partial charge in [-0.05, 0) is 24.5 Å². The summed E-state index contributed by atoms with van der Waals surface area (Å²) >= 11 is 0. The first-order chi connectivity index (χ1) is 11.2. The van der Waals surface area contributed by atoms with Gasteiger partial charge in [0.15, 0.2) is 0 Å². The molecule has 4 nitrogen and oxygen atoms in total. The minimum absolute atomic E-state index is 0.00333.